The van der Waals surface area contributed by atoms with Crippen LogP contribution in [0.25, 0.3) is 11.3 Å². The van der Waals surface area contributed by atoms with Crippen LogP contribution in [-0.4, -0.2) is 24.4 Å². The van der Waals surface area contributed by atoms with Crippen LogP contribution in [0.3, 0.4) is 0 Å². The summed E-state index contributed by atoms with van der Waals surface area (Å²) in [5.74, 6) is 0.737. The Morgan fingerprint density at radius 3 is 2.84 bits per heavy atom. The van der Waals surface area contributed by atoms with Crippen molar-refractivity contribution in [2.24, 2.45) is 0 Å². The maximum Gasteiger partial charge on any atom is 0.268 e. The lowest BCUT2D eigenvalue weighted by molar-refractivity contribution is 0.416. The van der Waals surface area contributed by atoms with E-state index in [2.05, 4.69) is 15.5 Å². The first kappa shape index (κ1) is 13.3. The molecule has 0 aliphatic heterocycles. The van der Waals surface area contributed by atoms with Crippen LogP contribution in [0.4, 0.5) is 0 Å². The minimum absolute atomic E-state index is 0.176. The maximum atomic E-state index is 11.6. The molecule has 0 amide bonds. The molecule has 0 aliphatic carbocycles. The number of methoxy groups -OCH3 is 1. The van der Waals surface area contributed by atoms with Crippen LogP contribution in [0.1, 0.15) is 11.1 Å². The van der Waals surface area contributed by atoms with Gasteiger partial charge in [-0.05, 0) is 32.2 Å². The largest absolute Gasteiger partial charge is 0.496 e. The molecule has 0 saturated heterocycles. The van der Waals surface area contributed by atoms with E-state index in [1.165, 1.54) is 0 Å². The summed E-state index contributed by atoms with van der Waals surface area (Å²) in [6.07, 6.45) is 0. The van der Waals surface area contributed by atoms with E-state index >= 15 is 0 Å². The maximum absolute atomic E-state index is 11.6. The van der Waals surface area contributed by atoms with Gasteiger partial charge in [0.15, 0.2) is 0 Å². The van der Waals surface area contributed by atoms with Crippen molar-refractivity contribution in [1.29, 1.82) is 0 Å². The molecule has 0 spiro atoms. The molecular weight excluding hydrogens is 242 g/mol. The van der Waals surface area contributed by atoms with E-state index in [0.717, 1.165) is 16.9 Å². The topological polar surface area (TPSA) is 67.0 Å². The third-order valence-electron chi connectivity index (χ3n) is 2.88. The molecule has 1 aromatic heterocycles. The molecule has 2 rings (SSSR count). The monoisotopic (exact) mass is 259 g/mol. The zero-order chi connectivity index (χ0) is 13.8. The highest BCUT2D eigenvalue weighted by atomic mass is 16.5. The lowest BCUT2D eigenvalue weighted by Gasteiger charge is -2.09. The highest BCUT2D eigenvalue weighted by Crippen LogP contribution is 2.29. The van der Waals surface area contributed by atoms with Crippen LogP contribution in [0, 0.1) is 6.92 Å². The van der Waals surface area contributed by atoms with Crippen LogP contribution in [-0.2, 0) is 6.54 Å². The Labute approximate surface area is 111 Å². The number of rotatable bonds is 4. The molecule has 0 fully saturated rings. The van der Waals surface area contributed by atoms with Crippen LogP contribution < -0.4 is 15.6 Å². The van der Waals surface area contributed by atoms with E-state index in [4.69, 9.17) is 4.74 Å². The molecule has 0 radical (unpaired) electrons. The zero-order valence-corrected chi connectivity index (χ0v) is 11.3. The SMILES string of the molecule is CNCc1cc(-c2cc(C)ccc2OC)n[nH]c1=O. The third kappa shape index (κ3) is 2.82. The standard InChI is InChI=1S/C14H17N3O2/c1-9-4-5-13(19-3)11(6-9)12-7-10(8-15-2)14(18)17-16-12/h4-7,15H,8H2,1-3H3,(H,17,18). The van der Waals surface area contributed by atoms with Crippen molar-refractivity contribution >= 4 is 0 Å². The van der Waals surface area contributed by atoms with Gasteiger partial charge in [0.25, 0.3) is 5.56 Å². The number of benzene rings is 1. The van der Waals surface area contributed by atoms with Crippen LogP contribution in [0.2, 0.25) is 0 Å². The molecule has 0 saturated carbocycles. The van der Waals surface area contributed by atoms with Gasteiger partial charge >= 0.3 is 0 Å². The van der Waals surface area contributed by atoms with Gasteiger partial charge in [-0.2, -0.15) is 5.10 Å². The molecule has 1 heterocycles. The second kappa shape index (κ2) is 5.67. The van der Waals surface area contributed by atoms with Crippen molar-refractivity contribution in [3.63, 3.8) is 0 Å². The molecule has 1 aromatic carbocycles. The second-order valence-electron chi connectivity index (χ2n) is 4.34. The average molecular weight is 259 g/mol. The third-order valence-corrected chi connectivity index (χ3v) is 2.88. The number of aromatic amines is 1. The van der Waals surface area contributed by atoms with E-state index in [0.29, 0.717) is 17.8 Å². The van der Waals surface area contributed by atoms with Gasteiger partial charge in [0.05, 0.1) is 12.8 Å². The zero-order valence-electron chi connectivity index (χ0n) is 11.3. The minimum atomic E-state index is -0.176. The van der Waals surface area contributed by atoms with Gasteiger partial charge in [0.1, 0.15) is 5.75 Å². The Morgan fingerprint density at radius 2 is 2.16 bits per heavy atom. The van der Waals surface area contributed by atoms with Gasteiger partial charge in [-0.1, -0.05) is 11.6 Å². The Balaban J connectivity index is 2.55. The number of hydrogen-bond acceptors (Lipinski definition) is 4. The molecule has 5 heteroatoms. The molecule has 0 unspecified atom stereocenters. The molecule has 19 heavy (non-hydrogen) atoms. The van der Waals surface area contributed by atoms with E-state index in [1.54, 1.807) is 20.2 Å². The molecule has 2 aromatic rings. The summed E-state index contributed by atoms with van der Waals surface area (Å²) in [5.41, 5.74) is 3.15. The smallest absolute Gasteiger partial charge is 0.268 e. The molecule has 100 valence electrons. The summed E-state index contributed by atoms with van der Waals surface area (Å²) in [4.78, 5) is 11.6. The Bertz CT molecular complexity index is 635. The van der Waals surface area contributed by atoms with Crippen molar-refractivity contribution in [2.75, 3.05) is 14.2 Å². The molecular formula is C14H17N3O2. The summed E-state index contributed by atoms with van der Waals surface area (Å²) in [5, 5.41) is 9.58. The quantitative estimate of drug-likeness (QED) is 0.872. The molecule has 0 atom stereocenters. The van der Waals surface area contributed by atoms with E-state index < -0.39 is 0 Å². The number of aryl methyl sites for hydroxylation is 1. The van der Waals surface area contributed by atoms with Crippen LogP contribution in [0.15, 0.2) is 29.1 Å². The van der Waals surface area contributed by atoms with E-state index in [9.17, 15) is 4.79 Å². The predicted octanol–water partition coefficient (Wildman–Crippen LogP) is 1.47. The highest BCUT2D eigenvalue weighted by molar-refractivity contribution is 5.68. The molecule has 5 nitrogen and oxygen atoms in total. The summed E-state index contributed by atoms with van der Waals surface area (Å²) >= 11 is 0. The van der Waals surface area contributed by atoms with Crippen molar-refractivity contribution in [2.45, 2.75) is 13.5 Å². The number of H-pyrrole nitrogens is 1. The fourth-order valence-electron chi connectivity index (χ4n) is 1.93. The predicted molar refractivity (Wildman–Crippen MR) is 74.3 cm³/mol. The summed E-state index contributed by atoms with van der Waals surface area (Å²) in [6, 6.07) is 7.65. The normalized spacial score (nSPS) is 10.5. The first-order chi connectivity index (χ1) is 9.15. The lowest BCUT2D eigenvalue weighted by Crippen LogP contribution is -2.19. The van der Waals surface area contributed by atoms with Crippen molar-refractivity contribution < 1.29 is 4.74 Å². The lowest BCUT2D eigenvalue weighted by atomic mass is 10.1. The van der Waals surface area contributed by atoms with Gasteiger partial charge in [-0.25, -0.2) is 5.10 Å². The number of nitrogens with one attached hydrogen (secondary N) is 2. The summed E-state index contributed by atoms with van der Waals surface area (Å²) < 4.78 is 5.34. The minimum Gasteiger partial charge on any atom is -0.496 e. The van der Waals surface area contributed by atoms with Gasteiger partial charge in [0.2, 0.25) is 0 Å². The van der Waals surface area contributed by atoms with Gasteiger partial charge in [-0.15, -0.1) is 0 Å². The Morgan fingerprint density at radius 1 is 1.37 bits per heavy atom. The van der Waals surface area contributed by atoms with Crippen molar-refractivity contribution in [3.05, 3.63) is 45.7 Å². The summed E-state index contributed by atoms with van der Waals surface area (Å²) in [7, 11) is 3.42. The number of hydrogen-bond donors (Lipinski definition) is 2. The number of aromatic nitrogens is 2. The van der Waals surface area contributed by atoms with E-state index in [1.807, 2.05) is 25.1 Å². The highest BCUT2D eigenvalue weighted by Gasteiger charge is 2.10. The van der Waals surface area contributed by atoms with Crippen LogP contribution >= 0.6 is 0 Å². The van der Waals surface area contributed by atoms with Crippen LogP contribution in [0.5, 0.6) is 5.75 Å². The average Bonchev–Trinajstić information content (AvgIpc) is 2.41. The van der Waals surface area contributed by atoms with Gasteiger partial charge in [0, 0.05) is 17.7 Å². The Kier molecular flexibility index (Phi) is 3.97. The number of ether oxygens (including phenoxy) is 1. The number of nitrogens with zero attached hydrogens (tertiary/aromatic N) is 1. The van der Waals surface area contributed by atoms with Crippen molar-refractivity contribution in [1.82, 2.24) is 15.5 Å². The second-order valence-corrected chi connectivity index (χ2v) is 4.34. The molecule has 0 bridgehead atoms. The molecule has 2 N–H and O–H groups in total. The Hall–Kier alpha value is -2.14. The first-order valence-electron chi connectivity index (χ1n) is 6.04. The fraction of sp³-hybridized carbons (Fsp3) is 0.286. The van der Waals surface area contributed by atoms with Crippen molar-refractivity contribution in [3.8, 4) is 17.0 Å². The van der Waals surface area contributed by atoms with Gasteiger partial charge < -0.3 is 10.1 Å². The van der Waals surface area contributed by atoms with Gasteiger partial charge in [-0.3, -0.25) is 4.79 Å². The first-order valence-corrected chi connectivity index (χ1v) is 6.04. The fourth-order valence-corrected chi connectivity index (χ4v) is 1.93. The summed E-state index contributed by atoms with van der Waals surface area (Å²) in [6.45, 7) is 2.50. The van der Waals surface area contributed by atoms with E-state index in [-0.39, 0.29) is 5.56 Å². The molecule has 0 aliphatic rings.